The molecule has 0 radical (unpaired) electrons. The average molecular weight is 513 g/mol. The molecule has 0 unspecified atom stereocenters. The van der Waals surface area contributed by atoms with Crippen molar-refractivity contribution in [1.29, 1.82) is 5.26 Å². The second-order valence-corrected chi connectivity index (χ2v) is 10.8. The summed E-state index contributed by atoms with van der Waals surface area (Å²) < 4.78 is 39.4. The van der Waals surface area contributed by atoms with Crippen molar-refractivity contribution >= 4 is 38.5 Å². The first kappa shape index (κ1) is 25.9. The first-order valence-electron chi connectivity index (χ1n) is 10.6. The number of amides is 1. The maximum absolute atomic E-state index is 12.5. The number of anilines is 1. The van der Waals surface area contributed by atoms with Crippen LogP contribution in [0.3, 0.4) is 0 Å². The number of ether oxygens (including phenoxy) is 2. The van der Waals surface area contributed by atoms with Crippen LogP contribution in [0.4, 0.5) is 5.13 Å². The molecule has 0 aliphatic heterocycles. The lowest BCUT2D eigenvalue weighted by Gasteiger charge is -2.09. The van der Waals surface area contributed by atoms with Crippen molar-refractivity contribution in [2.24, 2.45) is 0 Å². The Morgan fingerprint density at radius 2 is 1.66 bits per heavy atom. The second-order valence-electron chi connectivity index (χ2n) is 7.68. The van der Waals surface area contributed by atoms with E-state index >= 15 is 0 Å². The molecule has 0 aliphatic rings. The van der Waals surface area contributed by atoms with Crippen LogP contribution in [-0.4, -0.2) is 42.1 Å². The van der Waals surface area contributed by atoms with Gasteiger partial charge in [-0.3, -0.25) is 10.1 Å². The van der Waals surface area contributed by atoms with Gasteiger partial charge in [-0.15, -0.1) is 0 Å². The Balaban J connectivity index is 1.55. The number of nitrogens with zero attached hydrogens (tertiary/aromatic N) is 3. The zero-order valence-corrected chi connectivity index (χ0v) is 21.0. The van der Waals surface area contributed by atoms with E-state index in [0.29, 0.717) is 24.5 Å². The van der Waals surface area contributed by atoms with Crippen LogP contribution in [0, 0.1) is 18.3 Å². The van der Waals surface area contributed by atoms with Crippen LogP contribution in [0.5, 0.6) is 11.5 Å². The van der Waals surface area contributed by atoms with Crippen molar-refractivity contribution in [3.05, 3.63) is 65.2 Å². The van der Waals surface area contributed by atoms with Crippen molar-refractivity contribution < 1.29 is 22.7 Å². The fourth-order valence-electron chi connectivity index (χ4n) is 2.68. The van der Waals surface area contributed by atoms with Gasteiger partial charge in [-0.25, -0.2) is 8.42 Å². The third kappa shape index (κ3) is 7.11. The number of benzene rings is 2. The van der Waals surface area contributed by atoms with Crippen LogP contribution >= 0.6 is 11.5 Å². The molecule has 2 aromatic carbocycles. The van der Waals surface area contributed by atoms with Gasteiger partial charge in [-0.1, -0.05) is 29.8 Å². The Kier molecular flexibility index (Phi) is 8.57. The number of aryl methyl sites for hydroxylation is 1. The normalized spacial score (nSPS) is 11.7. The molecule has 35 heavy (non-hydrogen) atoms. The van der Waals surface area contributed by atoms with Gasteiger partial charge in [0, 0.05) is 11.5 Å². The summed E-state index contributed by atoms with van der Waals surface area (Å²) in [6.45, 7) is 5.77. The van der Waals surface area contributed by atoms with Crippen molar-refractivity contribution in [2.45, 2.75) is 31.2 Å². The number of aromatic nitrogens is 2. The quantitative estimate of drug-likeness (QED) is 0.245. The lowest BCUT2D eigenvalue weighted by molar-refractivity contribution is -0.112. The lowest BCUT2D eigenvalue weighted by atomic mass is 10.1. The SMILES string of the molecule is Cc1ccc(OCCOc2ccc(/C=C(/C#N)C(=O)Nc3nc(S(=O)(=O)C(C)C)ns3)cc2)cc1. The summed E-state index contributed by atoms with van der Waals surface area (Å²) in [7, 11) is -3.66. The average Bonchev–Trinajstić information content (AvgIpc) is 3.31. The molecule has 3 rings (SSSR count). The molecule has 1 aromatic heterocycles. The minimum atomic E-state index is -3.66. The number of hydrogen-bond donors (Lipinski definition) is 1. The maximum atomic E-state index is 12.5. The number of hydrogen-bond acceptors (Lipinski definition) is 9. The van der Waals surface area contributed by atoms with E-state index < -0.39 is 21.0 Å². The van der Waals surface area contributed by atoms with E-state index in [-0.39, 0.29) is 15.9 Å². The molecule has 0 aliphatic carbocycles. The van der Waals surface area contributed by atoms with Gasteiger partial charge in [-0.2, -0.15) is 14.6 Å². The largest absolute Gasteiger partial charge is 0.490 e. The third-order valence-corrected chi connectivity index (χ3v) is 7.38. The highest BCUT2D eigenvalue weighted by atomic mass is 32.2. The predicted molar refractivity (Wildman–Crippen MR) is 133 cm³/mol. The first-order chi connectivity index (χ1) is 16.7. The van der Waals surface area contributed by atoms with Gasteiger partial charge in [0.25, 0.3) is 11.1 Å². The number of carbonyl (C=O) groups excluding carboxylic acids is 1. The molecular formula is C24H24N4O5S2. The predicted octanol–water partition coefficient (Wildman–Crippen LogP) is 4.03. The smallest absolute Gasteiger partial charge is 0.268 e. The molecule has 0 atom stereocenters. The standard InChI is InChI=1S/C24H24N4O5S2/c1-16(2)35(30,31)24-27-23(34-28-24)26-22(29)19(15-25)14-18-6-10-21(11-7-18)33-13-12-32-20-8-4-17(3)5-9-20/h4-11,14,16H,12-13H2,1-3H3,(H,26,27,28,29)/b19-14-. The minimum absolute atomic E-state index is 0.00743. The zero-order chi connectivity index (χ0) is 25.4. The summed E-state index contributed by atoms with van der Waals surface area (Å²) in [5, 5.41) is 10.8. The summed E-state index contributed by atoms with van der Waals surface area (Å²) in [5.74, 6) is 0.671. The molecule has 0 fully saturated rings. The lowest BCUT2D eigenvalue weighted by Crippen LogP contribution is -2.16. The van der Waals surface area contributed by atoms with Crippen molar-refractivity contribution in [1.82, 2.24) is 9.36 Å². The van der Waals surface area contributed by atoms with Gasteiger partial charge in [0.1, 0.15) is 36.4 Å². The molecule has 182 valence electrons. The van der Waals surface area contributed by atoms with E-state index in [1.165, 1.54) is 19.9 Å². The van der Waals surface area contributed by atoms with Gasteiger partial charge < -0.3 is 9.47 Å². The minimum Gasteiger partial charge on any atom is -0.490 e. The molecule has 3 aromatic rings. The molecule has 1 amide bonds. The van der Waals surface area contributed by atoms with Crippen molar-refractivity contribution in [2.75, 3.05) is 18.5 Å². The van der Waals surface area contributed by atoms with E-state index in [1.54, 1.807) is 24.3 Å². The Morgan fingerprint density at radius 1 is 1.09 bits per heavy atom. The number of carbonyl (C=O) groups is 1. The molecule has 1 N–H and O–H groups in total. The summed E-state index contributed by atoms with van der Waals surface area (Å²) in [5.41, 5.74) is 1.60. The Morgan fingerprint density at radius 3 is 2.20 bits per heavy atom. The Bertz CT molecular complexity index is 1340. The highest BCUT2D eigenvalue weighted by Crippen LogP contribution is 2.20. The summed E-state index contributed by atoms with van der Waals surface area (Å²) in [6, 6.07) is 16.4. The van der Waals surface area contributed by atoms with Crippen LogP contribution in [-0.2, 0) is 14.6 Å². The van der Waals surface area contributed by atoms with Gasteiger partial charge >= 0.3 is 0 Å². The second kappa shape index (κ2) is 11.6. The molecule has 0 spiro atoms. The summed E-state index contributed by atoms with van der Waals surface area (Å²) in [6.07, 6.45) is 1.41. The van der Waals surface area contributed by atoms with E-state index in [9.17, 15) is 18.5 Å². The third-order valence-electron chi connectivity index (χ3n) is 4.70. The van der Waals surface area contributed by atoms with E-state index in [2.05, 4.69) is 14.7 Å². The molecule has 0 bridgehead atoms. The van der Waals surface area contributed by atoms with Gasteiger partial charge in [-0.05, 0) is 56.7 Å². The number of rotatable bonds is 10. The van der Waals surface area contributed by atoms with Gasteiger partial charge in [0.05, 0.1) is 5.25 Å². The molecule has 1 heterocycles. The van der Waals surface area contributed by atoms with Crippen LogP contribution in [0.25, 0.3) is 6.08 Å². The Labute approximate surface area is 208 Å². The van der Waals surface area contributed by atoms with E-state index in [4.69, 9.17) is 9.47 Å². The highest BCUT2D eigenvalue weighted by Gasteiger charge is 2.25. The van der Waals surface area contributed by atoms with Crippen molar-refractivity contribution in [3.63, 3.8) is 0 Å². The summed E-state index contributed by atoms with van der Waals surface area (Å²) >= 11 is 0.731. The van der Waals surface area contributed by atoms with Crippen LogP contribution < -0.4 is 14.8 Å². The van der Waals surface area contributed by atoms with Crippen molar-refractivity contribution in [3.8, 4) is 17.6 Å². The van der Waals surface area contributed by atoms with Crippen LogP contribution in [0.15, 0.2) is 59.3 Å². The fraction of sp³-hybridized carbons (Fsp3) is 0.250. The Hall–Kier alpha value is -3.75. The van der Waals surface area contributed by atoms with E-state index in [1.807, 2.05) is 37.3 Å². The maximum Gasteiger partial charge on any atom is 0.268 e. The molecule has 0 saturated heterocycles. The fourth-order valence-corrected chi connectivity index (χ4v) is 4.38. The number of nitriles is 1. The molecule has 11 heteroatoms. The van der Waals surface area contributed by atoms with Gasteiger partial charge in [0.15, 0.2) is 0 Å². The number of sulfone groups is 1. The molecule has 0 saturated carbocycles. The summed E-state index contributed by atoms with van der Waals surface area (Å²) in [4.78, 5) is 16.3. The number of nitrogens with one attached hydrogen (secondary N) is 1. The molecule has 9 nitrogen and oxygen atoms in total. The zero-order valence-electron chi connectivity index (χ0n) is 19.4. The topological polar surface area (TPSA) is 131 Å². The van der Waals surface area contributed by atoms with Gasteiger partial charge in [0.2, 0.25) is 15.0 Å². The monoisotopic (exact) mass is 512 g/mol. The highest BCUT2D eigenvalue weighted by molar-refractivity contribution is 7.91. The van der Waals surface area contributed by atoms with Crippen LogP contribution in [0.1, 0.15) is 25.0 Å². The van der Waals surface area contributed by atoms with Crippen LogP contribution in [0.2, 0.25) is 0 Å². The molecular weight excluding hydrogens is 488 g/mol. The first-order valence-corrected chi connectivity index (χ1v) is 12.9. The van der Waals surface area contributed by atoms with E-state index in [0.717, 1.165) is 22.8 Å².